The molecule has 0 amide bonds. The van der Waals surface area contributed by atoms with Crippen molar-refractivity contribution in [2.75, 3.05) is 18.8 Å². The molecule has 0 aliphatic carbocycles. The van der Waals surface area contributed by atoms with Gasteiger partial charge >= 0.3 is 0 Å². The largest absolute Gasteiger partial charge is 0.328 e. The van der Waals surface area contributed by atoms with Crippen LogP contribution in [0.1, 0.15) is 47.0 Å². The van der Waals surface area contributed by atoms with Gasteiger partial charge in [-0.1, -0.05) is 20.8 Å². The molecule has 4 nitrogen and oxygen atoms in total. The van der Waals surface area contributed by atoms with E-state index in [2.05, 4.69) is 20.8 Å². The zero-order valence-electron chi connectivity index (χ0n) is 12.1. The Kier molecular flexibility index (Phi) is 5.21. The second-order valence-electron chi connectivity index (χ2n) is 6.75. The highest BCUT2D eigenvalue weighted by Crippen LogP contribution is 2.26. The molecule has 0 aromatic rings. The van der Waals surface area contributed by atoms with Crippen LogP contribution < -0.4 is 5.73 Å². The summed E-state index contributed by atoms with van der Waals surface area (Å²) in [7, 11) is -2.99. The van der Waals surface area contributed by atoms with Crippen LogP contribution in [-0.4, -0.2) is 37.6 Å². The van der Waals surface area contributed by atoms with Crippen molar-refractivity contribution in [3.8, 4) is 0 Å². The molecule has 0 saturated carbocycles. The summed E-state index contributed by atoms with van der Waals surface area (Å²) in [6.07, 6.45) is 2.83. The Hall–Kier alpha value is -0.130. The molecule has 2 atom stereocenters. The number of nitrogens with zero attached hydrogens (tertiary/aromatic N) is 1. The van der Waals surface area contributed by atoms with E-state index < -0.39 is 10.0 Å². The smallest absolute Gasteiger partial charge is 0.214 e. The number of sulfonamides is 1. The number of nitrogens with two attached hydrogens (primary N) is 1. The van der Waals surface area contributed by atoms with Crippen LogP contribution in [-0.2, 0) is 10.0 Å². The van der Waals surface area contributed by atoms with E-state index in [0.29, 0.717) is 18.8 Å². The Balaban J connectivity index is 2.58. The lowest BCUT2D eigenvalue weighted by molar-refractivity contribution is 0.264. The van der Waals surface area contributed by atoms with Gasteiger partial charge in [0.05, 0.1) is 5.75 Å². The van der Waals surface area contributed by atoms with Crippen molar-refractivity contribution in [2.24, 2.45) is 17.1 Å². The van der Waals surface area contributed by atoms with Crippen LogP contribution in [0.3, 0.4) is 0 Å². The molecule has 0 bridgehead atoms. The van der Waals surface area contributed by atoms with Crippen LogP contribution in [0.25, 0.3) is 0 Å². The van der Waals surface area contributed by atoms with Crippen molar-refractivity contribution in [2.45, 2.75) is 53.0 Å². The van der Waals surface area contributed by atoms with Gasteiger partial charge in [-0.25, -0.2) is 12.7 Å². The first-order valence-electron chi connectivity index (χ1n) is 6.85. The van der Waals surface area contributed by atoms with Crippen LogP contribution in [0.2, 0.25) is 0 Å². The van der Waals surface area contributed by atoms with E-state index in [9.17, 15) is 8.42 Å². The lowest BCUT2D eigenvalue weighted by atomic mass is 9.84. The molecule has 2 N–H and O–H groups in total. The average molecular weight is 276 g/mol. The van der Waals surface area contributed by atoms with Crippen molar-refractivity contribution in [1.82, 2.24) is 4.31 Å². The third kappa shape index (κ3) is 4.86. The van der Waals surface area contributed by atoms with Gasteiger partial charge in [0, 0.05) is 19.1 Å². The first-order chi connectivity index (χ1) is 8.12. The van der Waals surface area contributed by atoms with Crippen molar-refractivity contribution in [3.63, 3.8) is 0 Å². The predicted octanol–water partition coefficient (Wildman–Crippen LogP) is 1.81. The summed E-state index contributed by atoms with van der Waals surface area (Å²) in [6.45, 7) is 9.86. The zero-order valence-corrected chi connectivity index (χ0v) is 13.0. The number of hydrogen-bond acceptors (Lipinski definition) is 3. The molecule has 2 unspecified atom stereocenters. The van der Waals surface area contributed by atoms with Gasteiger partial charge in [-0.05, 0) is 37.5 Å². The highest BCUT2D eigenvalue weighted by Gasteiger charge is 2.31. The normalized spacial score (nSPS) is 24.1. The van der Waals surface area contributed by atoms with Gasteiger partial charge in [0.15, 0.2) is 0 Å². The summed E-state index contributed by atoms with van der Waals surface area (Å²) in [5.74, 6) is 0.565. The van der Waals surface area contributed by atoms with Crippen molar-refractivity contribution in [1.29, 1.82) is 0 Å². The van der Waals surface area contributed by atoms with E-state index in [1.165, 1.54) is 0 Å². The molecular formula is C13H28N2O2S. The second kappa shape index (κ2) is 5.88. The first kappa shape index (κ1) is 15.9. The molecule has 18 heavy (non-hydrogen) atoms. The standard InChI is InChI=1S/C13H28N2O2S/c1-11(14)12(6-7-13(2,3)4)10-15-8-5-9-18(15,16)17/h11-12H,5-10,14H2,1-4H3. The topological polar surface area (TPSA) is 63.4 Å². The van der Waals surface area contributed by atoms with Crippen molar-refractivity contribution >= 4 is 10.0 Å². The van der Waals surface area contributed by atoms with Crippen molar-refractivity contribution in [3.05, 3.63) is 0 Å². The Labute approximate surface area is 112 Å². The van der Waals surface area contributed by atoms with Crippen LogP contribution >= 0.6 is 0 Å². The fourth-order valence-electron chi connectivity index (χ4n) is 2.30. The van der Waals surface area contributed by atoms with Gasteiger partial charge in [0.25, 0.3) is 0 Å². The quantitative estimate of drug-likeness (QED) is 0.833. The van der Waals surface area contributed by atoms with Gasteiger partial charge in [0.1, 0.15) is 0 Å². The molecule has 1 fully saturated rings. The third-order valence-corrected chi connectivity index (χ3v) is 5.57. The molecule has 1 rings (SSSR count). The Bertz CT molecular complexity index is 358. The molecular weight excluding hydrogens is 248 g/mol. The molecule has 0 aromatic carbocycles. The summed E-state index contributed by atoms with van der Waals surface area (Å²) in [5.41, 5.74) is 6.29. The summed E-state index contributed by atoms with van der Waals surface area (Å²) < 4.78 is 25.2. The summed E-state index contributed by atoms with van der Waals surface area (Å²) in [4.78, 5) is 0. The molecule has 1 aliphatic rings. The molecule has 1 saturated heterocycles. The van der Waals surface area contributed by atoms with E-state index in [0.717, 1.165) is 19.3 Å². The van der Waals surface area contributed by atoms with Gasteiger partial charge in [-0.3, -0.25) is 0 Å². The Morgan fingerprint density at radius 3 is 2.33 bits per heavy atom. The van der Waals surface area contributed by atoms with Crippen LogP contribution in [0, 0.1) is 11.3 Å². The molecule has 0 radical (unpaired) electrons. The minimum Gasteiger partial charge on any atom is -0.328 e. The van der Waals surface area contributed by atoms with Gasteiger partial charge in [-0.15, -0.1) is 0 Å². The van der Waals surface area contributed by atoms with Gasteiger partial charge in [0.2, 0.25) is 10.0 Å². The third-order valence-electron chi connectivity index (χ3n) is 3.65. The minimum atomic E-state index is -2.99. The van der Waals surface area contributed by atoms with Crippen LogP contribution in [0.5, 0.6) is 0 Å². The SMILES string of the molecule is CC(N)C(CCC(C)(C)C)CN1CCCS1(=O)=O. The van der Waals surface area contributed by atoms with E-state index in [4.69, 9.17) is 5.73 Å². The monoisotopic (exact) mass is 276 g/mol. The molecule has 0 spiro atoms. The highest BCUT2D eigenvalue weighted by atomic mass is 32.2. The Morgan fingerprint density at radius 2 is 1.94 bits per heavy atom. The number of rotatable bonds is 5. The summed E-state index contributed by atoms with van der Waals surface area (Å²) >= 11 is 0. The summed E-state index contributed by atoms with van der Waals surface area (Å²) in [5, 5.41) is 0. The van der Waals surface area contributed by atoms with Gasteiger partial charge in [-0.2, -0.15) is 0 Å². The maximum atomic E-state index is 11.8. The fourth-order valence-corrected chi connectivity index (χ4v) is 3.87. The van der Waals surface area contributed by atoms with Crippen molar-refractivity contribution < 1.29 is 8.42 Å². The van der Waals surface area contributed by atoms with Gasteiger partial charge < -0.3 is 5.73 Å². The maximum absolute atomic E-state index is 11.8. The lowest BCUT2D eigenvalue weighted by Crippen LogP contribution is -2.39. The second-order valence-corrected chi connectivity index (χ2v) is 8.83. The lowest BCUT2D eigenvalue weighted by Gasteiger charge is -2.28. The maximum Gasteiger partial charge on any atom is 0.214 e. The van der Waals surface area contributed by atoms with E-state index in [-0.39, 0.29) is 17.4 Å². The van der Waals surface area contributed by atoms with E-state index in [1.807, 2.05) is 6.92 Å². The van der Waals surface area contributed by atoms with E-state index in [1.54, 1.807) is 4.31 Å². The number of hydrogen-bond donors (Lipinski definition) is 1. The zero-order chi connectivity index (χ0) is 14.0. The minimum absolute atomic E-state index is 0.0446. The molecule has 1 aliphatic heterocycles. The van der Waals surface area contributed by atoms with E-state index >= 15 is 0 Å². The average Bonchev–Trinajstić information content (AvgIpc) is 2.50. The molecule has 108 valence electrons. The molecule has 1 heterocycles. The molecule has 0 aromatic heterocycles. The Morgan fingerprint density at radius 1 is 1.33 bits per heavy atom. The molecule has 5 heteroatoms. The first-order valence-corrected chi connectivity index (χ1v) is 8.46. The fraction of sp³-hybridized carbons (Fsp3) is 1.00. The van der Waals surface area contributed by atoms with Crippen LogP contribution in [0.15, 0.2) is 0 Å². The highest BCUT2D eigenvalue weighted by molar-refractivity contribution is 7.89. The van der Waals surface area contributed by atoms with Crippen LogP contribution in [0.4, 0.5) is 0 Å². The predicted molar refractivity (Wildman–Crippen MR) is 75.8 cm³/mol. The summed E-state index contributed by atoms with van der Waals surface area (Å²) in [6, 6.07) is 0.0446.